The summed E-state index contributed by atoms with van der Waals surface area (Å²) in [6.07, 6.45) is 0. The Kier molecular flexibility index (Phi) is 3.28. The summed E-state index contributed by atoms with van der Waals surface area (Å²) < 4.78 is 5.07. The van der Waals surface area contributed by atoms with Crippen LogP contribution in [0.15, 0.2) is 18.2 Å². The molecule has 3 nitrogen and oxygen atoms in total. The number of hydrogen-bond acceptors (Lipinski definition) is 3. The molecule has 0 saturated heterocycles. The highest BCUT2D eigenvalue weighted by molar-refractivity contribution is 5.36. The van der Waals surface area contributed by atoms with Gasteiger partial charge in [-0.05, 0) is 30.2 Å². The molecular formula is C10H15NO2. The lowest BCUT2D eigenvalue weighted by Gasteiger charge is -2.13. The smallest absolute Gasteiger partial charge is 0.119 e. The van der Waals surface area contributed by atoms with E-state index in [9.17, 15) is 0 Å². The van der Waals surface area contributed by atoms with E-state index in [1.807, 2.05) is 25.1 Å². The lowest BCUT2D eigenvalue weighted by Crippen LogP contribution is -2.15. The van der Waals surface area contributed by atoms with Crippen LogP contribution in [0.2, 0.25) is 0 Å². The van der Waals surface area contributed by atoms with E-state index in [4.69, 9.17) is 15.6 Å². The quantitative estimate of drug-likeness (QED) is 0.731. The molecule has 0 fully saturated rings. The Bertz CT molecular complexity index is 286. The van der Waals surface area contributed by atoms with Gasteiger partial charge in [0.05, 0.1) is 19.8 Å². The number of ether oxygens (including phenoxy) is 1. The van der Waals surface area contributed by atoms with Crippen molar-refractivity contribution in [1.82, 2.24) is 0 Å². The van der Waals surface area contributed by atoms with E-state index in [-0.39, 0.29) is 12.6 Å². The summed E-state index contributed by atoms with van der Waals surface area (Å²) in [6.45, 7) is 1.91. The molecule has 0 heterocycles. The van der Waals surface area contributed by atoms with Crippen LogP contribution < -0.4 is 10.5 Å². The van der Waals surface area contributed by atoms with Crippen molar-refractivity contribution in [1.29, 1.82) is 0 Å². The fourth-order valence-corrected chi connectivity index (χ4v) is 1.24. The van der Waals surface area contributed by atoms with Gasteiger partial charge in [-0.3, -0.25) is 0 Å². The summed E-state index contributed by atoms with van der Waals surface area (Å²) in [5, 5.41) is 8.91. The number of hydrogen-bond donors (Lipinski definition) is 2. The fraction of sp³-hybridized carbons (Fsp3) is 0.400. The van der Waals surface area contributed by atoms with Crippen LogP contribution in [0.5, 0.6) is 5.75 Å². The third kappa shape index (κ3) is 2.20. The number of methoxy groups -OCH3 is 1. The largest absolute Gasteiger partial charge is 0.497 e. The monoisotopic (exact) mass is 181 g/mol. The van der Waals surface area contributed by atoms with Crippen LogP contribution >= 0.6 is 0 Å². The van der Waals surface area contributed by atoms with E-state index in [1.54, 1.807) is 7.11 Å². The van der Waals surface area contributed by atoms with Crippen molar-refractivity contribution >= 4 is 0 Å². The van der Waals surface area contributed by atoms with E-state index < -0.39 is 0 Å². The van der Waals surface area contributed by atoms with Gasteiger partial charge >= 0.3 is 0 Å². The zero-order chi connectivity index (χ0) is 9.84. The zero-order valence-corrected chi connectivity index (χ0v) is 7.95. The minimum absolute atomic E-state index is 0.0476. The predicted molar refractivity (Wildman–Crippen MR) is 51.7 cm³/mol. The lowest BCUT2D eigenvalue weighted by atomic mass is 10.0. The highest BCUT2D eigenvalue weighted by Gasteiger charge is 2.08. The maximum atomic E-state index is 8.91. The SMILES string of the molecule is COc1ccc(C)c([C@@H](N)CO)c1. The molecular weight excluding hydrogens is 166 g/mol. The normalized spacial score (nSPS) is 12.6. The first-order valence-corrected chi connectivity index (χ1v) is 4.20. The molecule has 0 aliphatic carbocycles. The number of aryl methyl sites for hydroxylation is 1. The maximum Gasteiger partial charge on any atom is 0.119 e. The Morgan fingerprint density at radius 2 is 2.23 bits per heavy atom. The van der Waals surface area contributed by atoms with Crippen molar-refractivity contribution in [3.05, 3.63) is 29.3 Å². The summed E-state index contributed by atoms with van der Waals surface area (Å²) in [5.41, 5.74) is 7.72. The van der Waals surface area contributed by atoms with Crippen LogP contribution in [0.1, 0.15) is 17.2 Å². The number of benzene rings is 1. The molecule has 1 aromatic carbocycles. The molecule has 0 amide bonds. The first kappa shape index (κ1) is 10.0. The first-order chi connectivity index (χ1) is 6.19. The van der Waals surface area contributed by atoms with E-state index in [1.165, 1.54) is 0 Å². The van der Waals surface area contributed by atoms with Crippen LogP contribution in [0, 0.1) is 6.92 Å². The fourth-order valence-electron chi connectivity index (χ4n) is 1.24. The van der Waals surface area contributed by atoms with Gasteiger partial charge in [0, 0.05) is 0 Å². The van der Waals surface area contributed by atoms with Crippen LogP contribution in [-0.4, -0.2) is 18.8 Å². The average Bonchev–Trinajstić information content (AvgIpc) is 2.17. The van der Waals surface area contributed by atoms with Crippen molar-refractivity contribution < 1.29 is 9.84 Å². The molecule has 1 atom stereocenters. The van der Waals surface area contributed by atoms with Crippen LogP contribution in [-0.2, 0) is 0 Å². The topological polar surface area (TPSA) is 55.5 Å². The second-order valence-corrected chi connectivity index (χ2v) is 3.01. The molecule has 0 bridgehead atoms. The van der Waals surface area contributed by atoms with Gasteiger partial charge in [0.1, 0.15) is 5.75 Å². The molecule has 0 aliphatic rings. The summed E-state index contributed by atoms with van der Waals surface area (Å²) in [4.78, 5) is 0. The zero-order valence-electron chi connectivity index (χ0n) is 7.95. The van der Waals surface area contributed by atoms with Gasteiger partial charge in [-0.25, -0.2) is 0 Å². The predicted octanol–water partition coefficient (Wildman–Crippen LogP) is 0.996. The summed E-state index contributed by atoms with van der Waals surface area (Å²) in [7, 11) is 1.61. The van der Waals surface area contributed by atoms with Gasteiger partial charge in [0.2, 0.25) is 0 Å². The van der Waals surface area contributed by atoms with Crippen molar-refractivity contribution in [2.45, 2.75) is 13.0 Å². The first-order valence-electron chi connectivity index (χ1n) is 4.20. The number of rotatable bonds is 3. The second-order valence-electron chi connectivity index (χ2n) is 3.01. The van der Waals surface area contributed by atoms with Gasteiger partial charge in [0.15, 0.2) is 0 Å². The van der Waals surface area contributed by atoms with E-state index in [0.717, 1.165) is 16.9 Å². The van der Waals surface area contributed by atoms with Crippen molar-refractivity contribution in [3.63, 3.8) is 0 Å². The summed E-state index contributed by atoms with van der Waals surface area (Å²) in [5.74, 6) is 0.768. The minimum atomic E-state index is -0.324. The molecule has 0 aliphatic heterocycles. The van der Waals surface area contributed by atoms with Crippen molar-refractivity contribution in [3.8, 4) is 5.75 Å². The molecule has 0 unspecified atom stereocenters. The third-order valence-electron chi connectivity index (χ3n) is 2.08. The van der Waals surface area contributed by atoms with Crippen LogP contribution in [0.25, 0.3) is 0 Å². The van der Waals surface area contributed by atoms with E-state index in [2.05, 4.69) is 0 Å². The van der Waals surface area contributed by atoms with Gasteiger partial charge in [-0.15, -0.1) is 0 Å². The van der Waals surface area contributed by atoms with Crippen LogP contribution in [0.4, 0.5) is 0 Å². The molecule has 13 heavy (non-hydrogen) atoms. The molecule has 0 saturated carbocycles. The molecule has 1 aromatic rings. The van der Waals surface area contributed by atoms with Crippen molar-refractivity contribution in [2.75, 3.05) is 13.7 Å². The maximum absolute atomic E-state index is 8.91. The molecule has 0 radical (unpaired) electrons. The minimum Gasteiger partial charge on any atom is -0.497 e. The highest BCUT2D eigenvalue weighted by Crippen LogP contribution is 2.21. The van der Waals surface area contributed by atoms with E-state index >= 15 is 0 Å². The molecule has 3 N–H and O–H groups in total. The Hall–Kier alpha value is -1.06. The lowest BCUT2D eigenvalue weighted by molar-refractivity contribution is 0.267. The van der Waals surface area contributed by atoms with Crippen molar-refractivity contribution in [2.24, 2.45) is 5.73 Å². The molecule has 0 aromatic heterocycles. The number of aliphatic hydroxyl groups is 1. The van der Waals surface area contributed by atoms with Gasteiger partial charge in [0.25, 0.3) is 0 Å². The summed E-state index contributed by atoms with van der Waals surface area (Å²) in [6, 6.07) is 5.35. The van der Waals surface area contributed by atoms with Gasteiger partial charge in [-0.1, -0.05) is 6.07 Å². The standard InChI is InChI=1S/C10H15NO2/c1-7-3-4-8(13-2)5-9(7)10(11)6-12/h3-5,10,12H,6,11H2,1-2H3/t10-/m0/s1. The van der Waals surface area contributed by atoms with Gasteiger partial charge < -0.3 is 15.6 Å². The van der Waals surface area contributed by atoms with E-state index in [0.29, 0.717) is 0 Å². The third-order valence-corrected chi connectivity index (χ3v) is 2.08. The molecule has 1 rings (SSSR count). The Balaban J connectivity index is 3.03. The second kappa shape index (κ2) is 4.25. The molecule has 72 valence electrons. The number of aliphatic hydroxyl groups excluding tert-OH is 1. The molecule has 0 spiro atoms. The Morgan fingerprint density at radius 3 is 2.77 bits per heavy atom. The molecule has 3 heteroatoms. The van der Waals surface area contributed by atoms with Crippen LogP contribution in [0.3, 0.4) is 0 Å². The average molecular weight is 181 g/mol. The Labute approximate surface area is 78.1 Å². The van der Waals surface area contributed by atoms with Gasteiger partial charge in [-0.2, -0.15) is 0 Å². The highest BCUT2D eigenvalue weighted by atomic mass is 16.5. The Morgan fingerprint density at radius 1 is 1.54 bits per heavy atom. The summed E-state index contributed by atoms with van der Waals surface area (Å²) >= 11 is 0. The number of nitrogens with two attached hydrogens (primary N) is 1.